The number of rotatable bonds is 5. The molecule has 1 aliphatic carbocycles. The molecule has 1 aliphatic rings. The van der Waals surface area contributed by atoms with Gasteiger partial charge in [0.2, 0.25) is 0 Å². The van der Waals surface area contributed by atoms with Gasteiger partial charge in [-0.05, 0) is 61.9 Å². The quantitative estimate of drug-likeness (QED) is 0.320. The number of nitrogens with two attached hydrogens (primary N) is 1. The Morgan fingerprint density at radius 2 is 1.82 bits per heavy atom. The van der Waals surface area contributed by atoms with Crippen molar-refractivity contribution in [3.8, 4) is 10.4 Å². The van der Waals surface area contributed by atoms with Gasteiger partial charge in [-0.1, -0.05) is 41.2 Å². The summed E-state index contributed by atoms with van der Waals surface area (Å²) in [7, 11) is 0. The Labute approximate surface area is 201 Å². The first kappa shape index (κ1) is 24.2. The number of aryl methyl sites for hydroxylation is 1. The number of nitrogens with one attached hydrogen (secondary N) is 1. The average Bonchev–Trinajstić information content (AvgIpc) is 3.56. The summed E-state index contributed by atoms with van der Waals surface area (Å²) >= 11 is 1.74. The Kier molecular flexibility index (Phi) is 7.19. The van der Waals surface area contributed by atoms with Crippen molar-refractivity contribution in [1.29, 1.82) is 0 Å². The Bertz CT molecular complexity index is 1250. The van der Waals surface area contributed by atoms with Crippen molar-refractivity contribution in [1.82, 2.24) is 9.97 Å². The molecule has 1 unspecified atom stereocenters. The lowest BCUT2D eigenvalue weighted by atomic mass is 10.1. The predicted octanol–water partition coefficient (Wildman–Crippen LogP) is 7.01. The van der Waals surface area contributed by atoms with Gasteiger partial charge < -0.3 is 11.1 Å². The summed E-state index contributed by atoms with van der Waals surface area (Å²) < 4.78 is 35.8. The summed E-state index contributed by atoms with van der Waals surface area (Å²) in [4.78, 5) is 10.3. The van der Waals surface area contributed by atoms with Crippen LogP contribution in [0.2, 0.25) is 0 Å². The first-order valence-electron chi connectivity index (χ1n) is 11.2. The molecule has 34 heavy (non-hydrogen) atoms. The van der Waals surface area contributed by atoms with Crippen LogP contribution in [0, 0.1) is 6.92 Å². The summed E-state index contributed by atoms with van der Waals surface area (Å²) in [6.07, 6.45) is 2.04. The highest BCUT2D eigenvalue weighted by molar-refractivity contribution is 7.19. The molecule has 0 spiro atoms. The zero-order valence-electron chi connectivity index (χ0n) is 19.1. The molecule has 1 atom stereocenters. The molecule has 2 heterocycles. The molecule has 2 aromatic carbocycles. The molecule has 0 aliphatic heterocycles. The molecular weight excluding hydrogens is 457 g/mol. The van der Waals surface area contributed by atoms with E-state index in [9.17, 15) is 13.2 Å². The topological polar surface area (TPSA) is 63.8 Å². The second kappa shape index (κ2) is 10.1. The summed E-state index contributed by atoms with van der Waals surface area (Å²) in [6, 6.07) is 13.8. The van der Waals surface area contributed by atoms with Crippen LogP contribution in [0.15, 0.2) is 60.9 Å². The van der Waals surface area contributed by atoms with Crippen molar-refractivity contribution in [3.05, 3.63) is 77.7 Å². The maximum atomic E-state index is 11.9. The van der Waals surface area contributed by atoms with Crippen LogP contribution in [-0.4, -0.2) is 22.6 Å². The number of pyridine rings is 1. The number of hydrogen-bond acceptors (Lipinski definition) is 5. The fourth-order valence-corrected chi connectivity index (χ4v) is 4.52. The predicted molar refractivity (Wildman–Crippen MR) is 133 cm³/mol. The standard InChI is InChI=1S/C18H20N4S.C8H7F3/c1-11(19)9-21-18-22-16(12-2-3-12)17(23-18)14-4-5-15-10-20-7-6-13(15)8-14;1-6-2-4-7(5-3-6)8(9,10)11/h4-8,10-12H,2-3,9,19H2,1H3,(H,21,22);2-5H,1H3. The van der Waals surface area contributed by atoms with Crippen molar-refractivity contribution >= 4 is 27.2 Å². The molecule has 178 valence electrons. The largest absolute Gasteiger partial charge is 0.416 e. The highest BCUT2D eigenvalue weighted by Gasteiger charge is 2.30. The molecule has 0 amide bonds. The number of nitrogens with zero attached hydrogens (tertiary/aromatic N) is 2. The van der Waals surface area contributed by atoms with E-state index in [-0.39, 0.29) is 6.04 Å². The summed E-state index contributed by atoms with van der Waals surface area (Å²) in [5.41, 5.74) is 8.57. The second-order valence-electron chi connectivity index (χ2n) is 8.67. The van der Waals surface area contributed by atoms with Crippen LogP contribution < -0.4 is 11.1 Å². The molecule has 3 N–H and O–H groups in total. The Balaban J connectivity index is 0.000000210. The van der Waals surface area contributed by atoms with E-state index < -0.39 is 11.7 Å². The molecule has 2 aromatic heterocycles. The number of hydrogen-bond donors (Lipinski definition) is 2. The summed E-state index contributed by atoms with van der Waals surface area (Å²) in [5, 5.41) is 6.74. The van der Waals surface area contributed by atoms with E-state index >= 15 is 0 Å². The van der Waals surface area contributed by atoms with Gasteiger partial charge in [-0.3, -0.25) is 4.98 Å². The van der Waals surface area contributed by atoms with Crippen molar-refractivity contribution < 1.29 is 13.2 Å². The minimum absolute atomic E-state index is 0.125. The molecule has 1 fully saturated rings. The number of alkyl halides is 3. The zero-order valence-corrected chi connectivity index (χ0v) is 19.9. The smallest absolute Gasteiger partial charge is 0.360 e. The van der Waals surface area contributed by atoms with E-state index in [0.29, 0.717) is 5.92 Å². The van der Waals surface area contributed by atoms with Crippen LogP contribution in [0.4, 0.5) is 18.3 Å². The first-order valence-corrected chi connectivity index (χ1v) is 12.0. The lowest BCUT2D eigenvalue weighted by Crippen LogP contribution is -2.25. The third kappa shape index (κ3) is 6.12. The van der Waals surface area contributed by atoms with Crippen molar-refractivity contribution in [3.63, 3.8) is 0 Å². The van der Waals surface area contributed by atoms with Crippen molar-refractivity contribution in [2.24, 2.45) is 5.73 Å². The third-order valence-corrected chi connectivity index (χ3v) is 6.55. The molecule has 4 aromatic rings. The SMILES string of the molecule is CC(N)CNc1nc(C2CC2)c(-c2ccc3cnccc3c2)s1.Cc1ccc(C(F)(F)F)cc1. The van der Waals surface area contributed by atoms with Gasteiger partial charge in [-0.2, -0.15) is 13.2 Å². The molecule has 5 rings (SSSR count). The minimum Gasteiger partial charge on any atom is -0.360 e. The lowest BCUT2D eigenvalue weighted by Gasteiger charge is -2.05. The van der Waals surface area contributed by atoms with Crippen LogP contribution in [0.5, 0.6) is 0 Å². The van der Waals surface area contributed by atoms with E-state index in [1.807, 2.05) is 19.3 Å². The van der Waals surface area contributed by atoms with E-state index in [2.05, 4.69) is 34.6 Å². The highest BCUT2D eigenvalue weighted by Crippen LogP contribution is 2.47. The van der Waals surface area contributed by atoms with Gasteiger partial charge in [0.15, 0.2) is 5.13 Å². The van der Waals surface area contributed by atoms with Crippen LogP contribution in [0.3, 0.4) is 0 Å². The monoisotopic (exact) mass is 484 g/mol. The molecule has 0 bridgehead atoms. The normalized spacial score (nSPS) is 14.4. The highest BCUT2D eigenvalue weighted by atomic mass is 32.1. The number of fused-ring (bicyclic) bond motifs is 1. The fraction of sp³-hybridized carbons (Fsp3) is 0.308. The van der Waals surface area contributed by atoms with E-state index in [1.54, 1.807) is 18.3 Å². The molecule has 0 radical (unpaired) electrons. The van der Waals surface area contributed by atoms with E-state index in [1.165, 1.54) is 51.9 Å². The molecule has 0 saturated heterocycles. The van der Waals surface area contributed by atoms with Gasteiger partial charge in [0.25, 0.3) is 0 Å². The van der Waals surface area contributed by atoms with E-state index in [4.69, 9.17) is 10.7 Å². The number of thiazole rings is 1. The average molecular weight is 485 g/mol. The molecule has 4 nitrogen and oxygen atoms in total. The van der Waals surface area contributed by atoms with Crippen LogP contribution in [0.25, 0.3) is 21.2 Å². The lowest BCUT2D eigenvalue weighted by molar-refractivity contribution is -0.137. The van der Waals surface area contributed by atoms with Gasteiger partial charge in [-0.25, -0.2) is 4.98 Å². The number of anilines is 1. The number of benzene rings is 2. The maximum Gasteiger partial charge on any atom is 0.416 e. The Morgan fingerprint density at radius 3 is 2.47 bits per heavy atom. The minimum atomic E-state index is -4.21. The molecule has 1 saturated carbocycles. The Hall–Kier alpha value is -2.97. The van der Waals surface area contributed by atoms with E-state index in [0.717, 1.165) is 29.4 Å². The molecular formula is C26H27F3N4S. The van der Waals surface area contributed by atoms with Gasteiger partial charge in [-0.15, -0.1) is 0 Å². The Morgan fingerprint density at radius 1 is 1.09 bits per heavy atom. The number of aromatic nitrogens is 2. The van der Waals surface area contributed by atoms with Gasteiger partial charge >= 0.3 is 6.18 Å². The van der Waals surface area contributed by atoms with Crippen LogP contribution in [0.1, 0.15) is 42.5 Å². The van der Waals surface area contributed by atoms with Gasteiger partial charge in [0.1, 0.15) is 0 Å². The zero-order chi connectivity index (χ0) is 24.3. The van der Waals surface area contributed by atoms with Gasteiger partial charge in [0, 0.05) is 36.3 Å². The maximum absolute atomic E-state index is 11.9. The van der Waals surface area contributed by atoms with Crippen LogP contribution in [-0.2, 0) is 6.18 Å². The van der Waals surface area contributed by atoms with Crippen LogP contribution >= 0.6 is 11.3 Å². The first-order chi connectivity index (χ1) is 16.2. The second-order valence-corrected chi connectivity index (χ2v) is 9.67. The summed E-state index contributed by atoms with van der Waals surface area (Å²) in [5.74, 6) is 0.625. The van der Waals surface area contributed by atoms with Crippen molar-refractivity contribution in [2.45, 2.75) is 44.8 Å². The van der Waals surface area contributed by atoms with Crippen molar-refractivity contribution in [2.75, 3.05) is 11.9 Å². The molecule has 8 heteroatoms. The number of halogens is 3. The third-order valence-electron chi connectivity index (χ3n) is 5.47. The summed E-state index contributed by atoms with van der Waals surface area (Å²) in [6.45, 7) is 4.50. The fourth-order valence-electron chi connectivity index (χ4n) is 3.46. The van der Waals surface area contributed by atoms with Gasteiger partial charge in [0.05, 0.1) is 16.1 Å².